The van der Waals surface area contributed by atoms with Crippen LogP contribution in [0.15, 0.2) is 54.6 Å². The molecule has 1 heterocycles. The maximum Gasteiger partial charge on any atom is 0.247 e. The fraction of sp³-hybridized carbons (Fsp3) is 0.0667. The average molecular weight is 283 g/mol. The van der Waals surface area contributed by atoms with Gasteiger partial charge in [0.2, 0.25) is 5.91 Å². The van der Waals surface area contributed by atoms with Crippen molar-refractivity contribution >= 4 is 32.6 Å². The second kappa shape index (κ2) is 5.40. The van der Waals surface area contributed by atoms with Gasteiger partial charge in [0.05, 0.1) is 10.2 Å². The third-order valence-corrected chi connectivity index (χ3v) is 3.92. The molecular weight excluding hydrogens is 270 g/mol. The van der Waals surface area contributed by atoms with Crippen LogP contribution in [-0.2, 0) is 4.79 Å². The van der Waals surface area contributed by atoms with E-state index in [2.05, 4.69) is 10.3 Å². The second-order valence-electron chi connectivity index (χ2n) is 4.36. The van der Waals surface area contributed by atoms with Crippen LogP contribution in [0.1, 0.15) is 11.6 Å². The van der Waals surface area contributed by atoms with E-state index in [9.17, 15) is 4.79 Å². The lowest BCUT2D eigenvalue weighted by molar-refractivity contribution is -0.117. The minimum atomic E-state index is -0.691. The molecule has 0 bridgehead atoms. The van der Waals surface area contributed by atoms with Crippen LogP contribution < -0.4 is 11.1 Å². The first-order chi connectivity index (χ1) is 9.74. The molecule has 0 aliphatic heterocycles. The number of rotatable bonds is 3. The number of carbonyl (C=O) groups is 1. The predicted molar refractivity (Wildman–Crippen MR) is 81.6 cm³/mol. The molecule has 5 heteroatoms. The Hall–Kier alpha value is -2.24. The number of hydrogen-bond acceptors (Lipinski definition) is 4. The standard InChI is InChI=1S/C15H13N3OS/c16-13(10-6-2-1-3-7-10)14(19)18-15-17-11-8-4-5-9-12(11)20-15/h1-9,13H,16H2,(H,17,18,19)/t13-/m0/s1. The lowest BCUT2D eigenvalue weighted by Crippen LogP contribution is -2.27. The summed E-state index contributed by atoms with van der Waals surface area (Å²) < 4.78 is 1.04. The summed E-state index contributed by atoms with van der Waals surface area (Å²) in [7, 11) is 0. The third kappa shape index (κ3) is 2.54. The number of hydrogen-bond donors (Lipinski definition) is 2. The van der Waals surface area contributed by atoms with Crippen LogP contribution in [0, 0.1) is 0 Å². The number of thiazole rings is 1. The van der Waals surface area contributed by atoms with Crippen molar-refractivity contribution in [1.29, 1.82) is 0 Å². The Morgan fingerprint density at radius 1 is 1.10 bits per heavy atom. The summed E-state index contributed by atoms with van der Waals surface area (Å²) in [5.41, 5.74) is 7.60. The maximum atomic E-state index is 12.1. The van der Waals surface area contributed by atoms with E-state index in [4.69, 9.17) is 5.73 Å². The van der Waals surface area contributed by atoms with E-state index in [0.29, 0.717) is 5.13 Å². The minimum Gasteiger partial charge on any atom is -0.316 e. The Morgan fingerprint density at radius 3 is 2.55 bits per heavy atom. The highest BCUT2D eigenvalue weighted by atomic mass is 32.1. The molecule has 0 radical (unpaired) electrons. The van der Waals surface area contributed by atoms with E-state index in [-0.39, 0.29) is 5.91 Å². The van der Waals surface area contributed by atoms with E-state index in [1.54, 1.807) is 0 Å². The van der Waals surface area contributed by atoms with Crippen LogP contribution in [-0.4, -0.2) is 10.9 Å². The SMILES string of the molecule is N[C@H](C(=O)Nc1nc2ccccc2s1)c1ccccc1. The van der Waals surface area contributed by atoms with Gasteiger partial charge in [0, 0.05) is 0 Å². The van der Waals surface area contributed by atoms with Gasteiger partial charge in [-0.25, -0.2) is 4.98 Å². The number of amides is 1. The highest BCUT2D eigenvalue weighted by molar-refractivity contribution is 7.22. The summed E-state index contributed by atoms with van der Waals surface area (Å²) in [5, 5.41) is 3.34. The van der Waals surface area contributed by atoms with Crippen molar-refractivity contribution in [3.8, 4) is 0 Å². The molecule has 3 N–H and O–H groups in total. The van der Waals surface area contributed by atoms with E-state index in [0.717, 1.165) is 15.8 Å². The lowest BCUT2D eigenvalue weighted by atomic mass is 10.1. The second-order valence-corrected chi connectivity index (χ2v) is 5.39. The molecule has 3 rings (SSSR count). The van der Waals surface area contributed by atoms with Crippen LogP contribution in [0.2, 0.25) is 0 Å². The summed E-state index contributed by atoms with van der Waals surface area (Å²) in [6, 6.07) is 16.3. The van der Waals surface area contributed by atoms with Gasteiger partial charge < -0.3 is 11.1 Å². The summed E-state index contributed by atoms with van der Waals surface area (Å²) in [6.07, 6.45) is 0. The molecule has 0 aliphatic rings. The molecule has 2 aromatic carbocycles. The fourth-order valence-corrected chi connectivity index (χ4v) is 2.79. The molecule has 0 saturated carbocycles. The van der Waals surface area contributed by atoms with Crippen molar-refractivity contribution in [2.45, 2.75) is 6.04 Å². The van der Waals surface area contributed by atoms with Gasteiger partial charge >= 0.3 is 0 Å². The zero-order chi connectivity index (χ0) is 13.9. The molecule has 100 valence electrons. The first-order valence-electron chi connectivity index (χ1n) is 6.21. The van der Waals surface area contributed by atoms with Gasteiger partial charge in [-0.15, -0.1) is 0 Å². The molecule has 1 atom stereocenters. The number of nitrogens with one attached hydrogen (secondary N) is 1. The van der Waals surface area contributed by atoms with Gasteiger partial charge in [0.1, 0.15) is 6.04 Å². The smallest absolute Gasteiger partial charge is 0.247 e. The summed E-state index contributed by atoms with van der Waals surface area (Å²) in [6.45, 7) is 0. The first-order valence-corrected chi connectivity index (χ1v) is 7.02. The van der Waals surface area contributed by atoms with Crippen molar-refractivity contribution in [2.75, 3.05) is 5.32 Å². The highest BCUT2D eigenvalue weighted by Crippen LogP contribution is 2.26. The van der Waals surface area contributed by atoms with Crippen molar-refractivity contribution in [1.82, 2.24) is 4.98 Å². The molecule has 0 spiro atoms. The largest absolute Gasteiger partial charge is 0.316 e. The van der Waals surface area contributed by atoms with E-state index in [1.165, 1.54) is 11.3 Å². The Labute approximate surface area is 120 Å². The van der Waals surface area contributed by atoms with Crippen molar-refractivity contribution in [3.05, 3.63) is 60.2 Å². The van der Waals surface area contributed by atoms with Gasteiger partial charge in [0.15, 0.2) is 5.13 Å². The molecule has 0 saturated heterocycles. The number of para-hydroxylation sites is 1. The minimum absolute atomic E-state index is 0.254. The Balaban J connectivity index is 1.78. The third-order valence-electron chi connectivity index (χ3n) is 2.97. The monoisotopic (exact) mass is 283 g/mol. The predicted octanol–water partition coefficient (Wildman–Crippen LogP) is 2.93. The molecule has 4 nitrogen and oxygen atoms in total. The number of aromatic nitrogens is 1. The normalized spacial score (nSPS) is 12.2. The number of anilines is 1. The maximum absolute atomic E-state index is 12.1. The Morgan fingerprint density at radius 2 is 1.80 bits per heavy atom. The highest BCUT2D eigenvalue weighted by Gasteiger charge is 2.17. The molecule has 1 amide bonds. The number of nitrogens with two attached hydrogens (primary N) is 1. The van der Waals surface area contributed by atoms with Gasteiger partial charge in [-0.1, -0.05) is 53.8 Å². The summed E-state index contributed by atoms with van der Waals surface area (Å²) >= 11 is 1.44. The quantitative estimate of drug-likeness (QED) is 0.776. The molecule has 0 aliphatic carbocycles. The molecular formula is C15H13N3OS. The molecule has 1 aromatic heterocycles. The Kier molecular flexibility index (Phi) is 3.45. The molecule has 0 unspecified atom stereocenters. The van der Waals surface area contributed by atoms with Crippen LogP contribution in [0.4, 0.5) is 5.13 Å². The number of nitrogens with zero attached hydrogens (tertiary/aromatic N) is 1. The van der Waals surface area contributed by atoms with Gasteiger partial charge in [-0.05, 0) is 17.7 Å². The first kappa shape index (κ1) is 12.8. The van der Waals surface area contributed by atoms with Crippen LogP contribution in [0.25, 0.3) is 10.2 Å². The zero-order valence-electron chi connectivity index (χ0n) is 10.6. The summed E-state index contributed by atoms with van der Waals surface area (Å²) in [4.78, 5) is 16.5. The van der Waals surface area contributed by atoms with Gasteiger partial charge in [0.25, 0.3) is 0 Å². The lowest BCUT2D eigenvalue weighted by Gasteiger charge is -2.10. The van der Waals surface area contributed by atoms with Crippen molar-refractivity contribution < 1.29 is 4.79 Å². The number of fused-ring (bicyclic) bond motifs is 1. The number of carbonyl (C=O) groups excluding carboxylic acids is 1. The fourth-order valence-electron chi connectivity index (χ4n) is 1.92. The van der Waals surface area contributed by atoms with E-state index >= 15 is 0 Å². The van der Waals surface area contributed by atoms with Crippen LogP contribution in [0.5, 0.6) is 0 Å². The molecule has 0 fully saturated rings. The molecule has 3 aromatic rings. The zero-order valence-corrected chi connectivity index (χ0v) is 11.4. The van der Waals surface area contributed by atoms with Crippen molar-refractivity contribution in [3.63, 3.8) is 0 Å². The average Bonchev–Trinajstić information content (AvgIpc) is 2.89. The topological polar surface area (TPSA) is 68.0 Å². The summed E-state index contributed by atoms with van der Waals surface area (Å²) in [5.74, 6) is -0.254. The van der Waals surface area contributed by atoms with E-state index in [1.807, 2.05) is 54.6 Å². The van der Waals surface area contributed by atoms with E-state index < -0.39 is 6.04 Å². The molecule has 20 heavy (non-hydrogen) atoms. The van der Waals surface area contributed by atoms with Gasteiger partial charge in [-0.2, -0.15) is 0 Å². The van der Waals surface area contributed by atoms with Crippen molar-refractivity contribution in [2.24, 2.45) is 5.73 Å². The van der Waals surface area contributed by atoms with Crippen LogP contribution in [0.3, 0.4) is 0 Å². The van der Waals surface area contributed by atoms with Crippen LogP contribution >= 0.6 is 11.3 Å². The number of benzene rings is 2. The Bertz CT molecular complexity index is 706. The van der Waals surface area contributed by atoms with Gasteiger partial charge in [-0.3, -0.25) is 4.79 Å².